The Morgan fingerprint density at radius 2 is 2.42 bits per heavy atom. The summed E-state index contributed by atoms with van der Waals surface area (Å²) in [5.74, 6) is 0. The van der Waals surface area contributed by atoms with E-state index in [1.165, 1.54) is 4.57 Å². The van der Waals surface area contributed by atoms with Gasteiger partial charge >= 0.3 is 5.69 Å². The van der Waals surface area contributed by atoms with Gasteiger partial charge in [0.2, 0.25) is 0 Å². The van der Waals surface area contributed by atoms with Crippen molar-refractivity contribution >= 4 is 27.0 Å². The van der Waals surface area contributed by atoms with Crippen molar-refractivity contribution in [2.75, 3.05) is 0 Å². The number of halogens is 1. The van der Waals surface area contributed by atoms with Gasteiger partial charge in [-0.2, -0.15) is 0 Å². The number of rotatable bonds is 0. The first-order valence-electron chi connectivity index (χ1n) is 3.39. The van der Waals surface area contributed by atoms with Crippen LogP contribution in [0.25, 0.3) is 11.0 Å². The molecule has 0 fully saturated rings. The summed E-state index contributed by atoms with van der Waals surface area (Å²) in [5, 5.41) is 0. The molecule has 0 aliphatic rings. The zero-order valence-electron chi connectivity index (χ0n) is 6.34. The maximum absolute atomic E-state index is 11.1. The Hall–Kier alpha value is -1.10. The van der Waals surface area contributed by atoms with Crippen molar-refractivity contribution in [3.63, 3.8) is 0 Å². The molecule has 2 rings (SSSR count). The Kier molecular flexibility index (Phi) is 1.54. The third-order valence-electron chi connectivity index (χ3n) is 1.76. The smallest absolute Gasteiger partial charge is 0.305 e. The lowest BCUT2D eigenvalue weighted by Gasteiger charge is -1.94. The molecule has 62 valence electrons. The van der Waals surface area contributed by atoms with E-state index in [9.17, 15) is 4.79 Å². The number of aromatic nitrogens is 3. The first-order chi connectivity index (χ1) is 5.70. The molecule has 0 amide bonds. The third-order valence-corrected chi connectivity index (χ3v) is 2.34. The first kappa shape index (κ1) is 7.54. The summed E-state index contributed by atoms with van der Waals surface area (Å²) in [6, 6.07) is 1.77. The summed E-state index contributed by atoms with van der Waals surface area (Å²) >= 11 is 3.27. The second-order valence-corrected chi connectivity index (χ2v) is 3.24. The van der Waals surface area contributed by atoms with Crippen molar-refractivity contribution in [1.82, 2.24) is 14.5 Å². The molecule has 0 aliphatic heterocycles. The van der Waals surface area contributed by atoms with Gasteiger partial charge in [-0.1, -0.05) is 0 Å². The molecular weight excluding hydrogens is 222 g/mol. The molecule has 0 aromatic carbocycles. The lowest BCUT2D eigenvalue weighted by molar-refractivity contribution is 0.887. The number of aryl methyl sites for hydroxylation is 1. The molecule has 0 unspecified atom stereocenters. The molecule has 4 nitrogen and oxygen atoms in total. The number of imidazole rings is 1. The van der Waals surface area contributed by atoms with E-state index in [1.54, 1.807) is 19.3 Å². The third kappa shape index (κ3) is 0.896. The van der Waals surface area contributed by atoms with Crippen LogP contribution in [0.1, 0.15) is 0 Å². The highest BCUT2D eigenvalue weighted by Gasteiger charge is 2.05. The lowest BCUT2D eigenvalue weighted by atomic mass is 10.4. The van der Waals surface area contributed by atoms with Gasteiger partial charge in [-0.15, -0.1) is 0 Å². The van der Waals surface area contributed by atoms with Crippen LogP contribution in [-0.2, 0) is 7.05 Å². The van der Waals surface area contributed by atoms with Crippen LogP contribution in [0, 0.1) is 0 Å². The van der Waals surface area contributed by atoms with Gasteiger partial charge in [0.15, 0.2) is 0 Å². The normalized spacial score (nSPS) is 10.8. The topological polar surface area (TPSA) is 50.7 Å². The van der Waals surface area contributed by atoms with E-state index in [4.69, 9.17) is 0 Å². The molecule has 0 aliphatic carbocycles. The molecule has 2 heterocycles. The van der Waals surface area contributed by atoms with Crippen molar-refractivity contribution in [2.45, 2.75) is 0 Å². The fraction of sp³-hybridized carbons (Fsp3) is 0.143. The quantitative estimate of drug-likeness (QED) is 0.684. The highest BCUT2D eigenvalue weighted by Crippen LogP contribution is 2.17. The van der Waals surface area contributed by atoms with E-state index in [0.29, 0.717) is 4.60 Å². The molecule has 0 saturated heterocycles. The molecule has 0 bridgehead atoms. The van der Waals surface area contributed by atoms with Crippen LogP contribution in [-0.4, -0.2) is 14.5 Å². The number of hydrogen-bond acceptors (Lipinski definition) is 2. The zero-order valence-corrected chi connectivity index (χ0v) is 7.92. The average Bonchev–Trinajstić information content (AvgIpc) is 2.29. The number of nitrogens with zero attached hydrogens (tertiary/aromatic N) is 2. The van der Waals surface area contributed by atoms with Crippen LogP contribution in [0.2, 0.25) is 0 Å². The van der Waals surface area contributed by atoms with Gasteiger partial charge in [0.1, 0.15) is 10.1 Å². The van der Waals surface area contributed by atoms with E-state index >= 15 is 0 Å². The first-order valence-corrected chi connectivity index (χ1v) is 4.18. The van der Waals surface area contributed by atoms with Gasteiger partial charge in [0, 0.05) is 13.2 Å². The van der Waals surface area contributed by atoms with Crippen molar-refractivity contribution in [2.24, 2.45) is 7.05 Å². The minimum atomic E-state index is -0.126. The average molecular weight is 228 g/mol. The van der Waals surface area contributed by atoms with Gasteiger partial charge in [0.25, 0.3) is 0 Å². The highest BCUT2D eigenvalue weighted by atomic mass is 79.9. The van der Waals surface area contributed by atoms with E-state index < -0.39 is 0 Å². The van der Waals surface area contributed by atoms with Crippen molar-refractivity contribution in [3.8, 4) is 0 Å². The number of pyridine rings is 1. The number of H-pyrrole nitrogens is 1. The second kappa shape index (κ2) is 2.45. The molecule has 1 N–H and O–H groups in total. The fourth-order valence-corrected chi connectivity index (χ4v) is 1.75. The van der Waals surface area contributed by atoms with Crippen LogP contribution in [0.5, 0.6) is 0 Å². The van der Waals surface area contributed by atoms with E-state index in [-0.39, 0.29) is 5.69 Å². The largest absolute Gasteiger partial charge is 0.326 e. The maximum Gasteiger partial charge on any atom is 0.326 e. The minimum Gasteiger partial charge on any atom is -0.305 e. The van der Waals surface area contributed by atoms with Crippen molar-refractivity contribution in [3.05, 3.63) is 27.4 Å². The fourth-order valence-electron chi connectivity index (χ4n) is 1.15. The Morgan fingerprint density at radius 3 is 3.08 bits per heavy atom. The van der Waals surface area contributed by atoms with Crippen LogP contribution in [0.15, 0.2) is 21.7 Å². The Bertz CT molecular complexity index is 485. The maximum atomic E-state index is 11.1. The number of fused-ring (bicyclic) bond motifs is 1. The summed E-state index contributed by atoms with van der Waals surface area (Å²) in [5.41, 5.74) is 1.46. The standard InChI is InChI=1S/C7H6BrN3O/c1-11-5-4(10-7(11)12)2-3-9-6(5)8/h2-3H,1H3,(H,10,12). The Balaban J connectivity index is 3.07. The molecular formula is C7H6BrN3O. The predicted octanol–water partition coefficient (Wildman–Crippen LogP) is 1.02. The van der Waals surface area contributed by atoms with Crippen LogP contribution >= 0.6 is 15.9 Å². The summed E-state index contributed by atoms with van der Waals surface area (Å²) in [6.07, 6.45) is 1.64. The minimum absolute atomic E-state index is 0.126. The van der Waals surface area contributed by atoms with Gasteiger partial charge in [-0.3, -0.25) is 4.57 Å². The zero-order chi connectivity index (χ0) is 8.72. The summed E-state index contributed by atoms with van der Waals surface area (Å²) < 4.78 is 2.20. The van der Waals surface area contributed by atoms with E-state index in [1.807, 2.05) is 0 Å². The van der Waals surface area contributed by atoms with Gasteiger partial charge in [-0.25, -0.2) is 9.78 Å². The van der Waals surface area contributed by atoms with E-state index in [0.717, 1.165) is 11.0 Å². The summed E-state index contributed by atoms with van der Waals surface area (Å²) in [7, 11) is 1.70. The van der Waals surface area contributed by atoms with Crippen LogP contribution in [0.3, 0.4) is 0 Å². The molecule has 0 saturated carbocycles. The molecule has 12 heavy (non-hydrogen) atoms. The molecule has 0 radical (unpaired) electrons. The molecule has 5 heteroatoms. The molecule has 0 atom stereocenters. The number of hydrogen-bond donors (Lipinski definition) is 1. The summed E-state index contributed by atoms with van der Waals surface area (Å²) in [6.45, 7) is 0. The SMILES string of the molecule is Cn1c(=O)[nH]c2ccnc(Br)c21. The van der Waals surface area contributed by atoms with Crippen LogP contribution in [0.4, 0.5) is 0 Å². The Morgan fingerprint density at radius 1 is 1.67 bits per heavy atom. The van der Waals surface area contributed by atoms with Crippen LogP contribution < -0.4 is 5.69 Å². The van der Waals surface area contributed by atoms with Gasteiger partial charge in [-0.05, 0) is 22.0 Å². The van der Waals surface area contributed by atoms with Gasteiger partial charge < -0.3 is 4.98 Å². The lowest BCUT2D eigenvalue weighted by Crippen LogP contribution is -2.12. The molecule has 2 aromatic rings. The summed E-state index contributed by atoms with van der Waals surface area (Å²) in [4.78, 5) is 17.9. The number of aromatic amines is 1. The second-order valence-electron chi connectivity index (χ2n) is 2.49. The van der Waals surface area contributed by atoms with Gasteiger partial charge in [0.05, 0.1) is 5.52 Å². The number of nitrogens with one attached hydrogen (secondary N) is 1. The monoisotopic (exact) mass is 227 g/mol. The van der Waals surface area contributed by atoms with Crippen molar-refractivity contribution in [1.29, 1.82) is 0 Å². The molecule has 0 spiro atoms. The predicted molar refractivity (Wildman–Crippen MR) is 49.0 cm³/mol. The van der Waals surface area contributed by atoms with E-state index in [2.05, 4.69) is 25.9 Å². The van der Waals surface area contributed by atoms with Crippen molar-refractivity contribution < 1.29 is 0 Å². The highest BCUT2D eigenvalue weighted by molar-refractivity contribution is 9.10. The Labute approximate surface area is 76.4 Å². The molecule has 2 aromatic heterocycles.